The normalized spacial score (nSPS) is 12.1. The number of aromatic nitrogens is 5. The molecule has 0 aliphatic heterocycles. The Morgan fingerprint density at radius 3 is 2.18 bits per heavy atom. The highest BCUT2D eigenvalue weighted by Crippen LogP contribution is 2.35. The molecule has 0 spiro atoms. The average Bonchev–Trinajstić information content (AvgIpc) is 3.40. The number of halogens is 5. The number of pyridine rings is 3. The zero-order chi connectivity index (χ0) is 27.1. The van der Waals surface area contributed by atoms with Gasteiger partial charge in [-0.05, 0) is 67.4 Å². The fraction of sp³-hybridized carbons (Fsp3) is 0.143. The van der Waals surface area contributed by atoms with Crippen LogP contribution in [0.4, 0.5) is 17.6 Å². The predicted octanol–water partition coefficient (Wildman–Crippen LogP) is 7.53. The van der Waals surface area contributed by atoms with Gasteiger partial charge in [-0.3, -0.25) is 4.98 Å². The lowest BCUT2D eigenvalue weighted by molar-refractivity contribution is -0.141. The molecule has 5 nitrogen and oxygen atoms in total. The van der Waals surface area contributed by atoms with Crippen molar-refractivity contribution in [2.75, 3.05) is 0 Å². The SMILES string of the molecule is CC(C)(c1cc(-c2ccccc2)cc(-c2ccc(Cl)nc2F)n1)c1cccc(-n2ccc(C(F)(F)F)n2)n1. The average molecular weight is 538 g/mol. The molecule has 4 aromatic heterocycles. The lowest BCUT2D eigenvalue weighted by atomic mass is 9.83. The van der Waals surface area contributed by atoms with Crippen LogP contribution in [-0.2, 0) is 11.6 Å². The number of alkyl halides is 3. The van der Waals surface area contributed by atoms with Gasteiger partial charge in [0.2, 0.25) is 5.95 Å². The van der Waals surface area contributed by atoms with Gasteiger partial charge in [0.1, 0.15) is 5.15 Å². The molecule has 192 valence electrons. The number of hydrogen-bond acceptors (Lipinski definition) is 4. The first-order valence-electron chi connectivity index (χ1n) is 11.5. The third-order valence-corrected chi connectivity index (χ3v) is 6.36. The van der Waals surface area contributed by atoms with E-state index in [1.807, 2.05) is 50.2 Å². The van der Waals surface area contributed by atoms with Crippen molar-refractivity contribution in [1.82, 2.24) is 24.7 Å². The highest BCUT2D eigenvalue weighted by atomic mass is 35.5. The second-order valence-electron chi connectivity index (χ2n) is 9.11. The Kier molecular flexibility index (Phi) is 6.48. The molecule has 10 heteroatoms. The van der Waals surface area contributed by atoms with Crippen LogP contribution in [0.25, 0.3) is 28.2 Å². The third kappa shape index (κ3) is 5.02. The van der Waals surface area contributed by atoms with Crippen molar-refractivity contribution in [2.24, 2.45) is 0 Å². The summed E-state index contributed by atoms with van der Waals surface area (Å²) in [6, 6.07) is 22.2. The van der Waals surface area contributed by atoms with E-state index >= 15 is 0 Å². The van der Waals surface area contributed by atoms with Gasteiger partial charge in [0, 0.05) is 11.6 Å². The Balaban J connectivity index is 1.63. The second kappa shape index (κ2) is 9.64. The van der Waals surface area contributed by atoms with E-state index in [4.69, 9.17) is 16.6 Å². The lowest BCUT2D eigenvalue weighted by Crippen LogP contribution is -2.23. The Morgan fingerprint density at radius 2 is 1.50 bits per heavy atom. The smallest absolute Gasteiger partial charge is 0.252 e. The maximum atomic E-state index is 14.8. The summed E-state index contributed by atoms with van der Waals surface area (Å²) in [5.41, 5.74) is 1.51. The molecule has 0 radical (unpaired) electrons. The van der Waals surface area contributed by atoms with Crippen molar-refractivity contribution >= 4 is 11.6 Å². The Hall–Kier alpha value is -4.11. The van der Waals surface area contributed by atoms with Gasteiger partial charge in [0.05, 0.1) is 22.6 Å². The molecule has 0 aliphatic rings. The van der Waals surface area contributed by atoms with Crippen LogP contribution >= 0.6 is 11.6 Å². The molecule has 0 N–H and O–H groups in total. The van der Waals surface area contributed by atoms with E-state index in [0.717, 1.165) is 21.9 Å². The van der Waals surface area contributed by atoms with Gasteiger partial charge in [-0.2, -0.15) is 22.7 Å². The van der Waals surface area contributed by atoms with Crippen molar-refractivity contribution < 1.29 is 17.6 Å². The van der Waals surface area contributed by atoms with Crippen molar-refractivity contribution in [3.8, 4) is 28.2 Å². The first kappa shape index (κ1) is 25.5. The molecular weight excluding hydrogens is 518 g/mol. The standard InChI is InChI=1S/C28H20ClF4N5/c1-27(2,21-9-6-10-25(35-21)38-14-13-22(37-38)28(31,32)33)23-16-18(17-7-4-3-5-8-17)15-20(34-23)19-11-12-24(29)36-26(19)30/h3-16H,1-2H3. The molecule has 38 heavy (non-hydrogen) atoms. The minimum atomic E-state index is -4.56. The number of nitrogens with zero attached hydrogens (tertiary/aromatic N) is 5. The van der Waals surface area contributed by atoms with E-state index in [1.165, 1.54) is 18.3 Å². The summed E-state index contributed by atoms with van der Waals surface area (Å²) in [6.07, 6.45) is -3.35. The fourth-order valence-electron chi connectivity index (χ4n) is 4.02. The van der Waals surface area contributed by atoms with Crippen molar-refractivity contribution in [3.05, 3.63) is 113 Å². The number of benzene rings is 1. The van der Waals surface area contributed by atoms with Gasteiger partial charge in [0.25, 0.3) is 0 Å². The molecule has 0 unspecified atom stereocenters. The van der Waals surface area contributed by atoms with Gasteiger partial charge in [-0.25, -0.2) is 14.6 Å². The molecular formula is C28H20ClF4N5. The van der Waals surface area contributed by atoms with E-state index in [9.17, 15) is 17.6 Å². The third-order valence-electron chi connectivity index (χ3n) is 6.15. The van der Waals surface area contributed by atoms with Crippen LogP contribution in [0, 0.1) is 5.95 Å². The van der Waals surface area contributed by atoms with Crippen LogP contribution in [0.3, 0.4) is 0 Å². The molecule has 0 aliphatic carbocycles. The van der Waals surface area contributed by atoms with E-state index < -0.39 is 23.2 Å². The Labute approximate surface area is 220 Å². The monoisotopic (exact) mass is 537 g/mol. The van der Waals surface area contributed by atoms with E-state index in [0.29, 0.717) is 17.1 Å². The maximum Gasteiger partial charge on any atom is 0.435 e. The largest absolute Gasteiger partial charge is 0.435 e. The quantitative estimate of drug-likeness (QED) is 0.172. The fourth-order valence-corrected chi connectivity index (χ4v) is 4.16. The minimum absolute atomic E-state index is 0.0272. The number of rotatable bonds is 5. The van der Waals surface area contributed by atoms with Gasteiger partial charge >= 0.3 is 6.18 Å². The molecule has 0 atom stereocenters. The summed E-state index contributed by atoms with van der Waals surface area (Å²) >= 11 is 5.86. The predicted molar refractivity (Wildman–Crippen MR) is 136 cm³/mol. The van der Waals surface area contributed by atoms with E-state index in [1.54, 1.807) is 24.3 Å². The molecule has 0 saturated heterocycles. The highest BCUT2D eigenvalue weighted by molar-refractivity contribution is 6.29. The minimum Gasteiger partial charge on any atom is -0.252 e. The Morgan fingerprint density at radius 1 is 0.737 bits per heavy atom. The molecule has 0 bridgehead atoms. The molecule has 0 fully saturated rings. The summed E-state index contributed by atoms with van der Waals surface area (Å²) < 4.78 is 55.1. The number of hydrogen-bond donors (Lipinski definition) is 0. The van der Waals surface area contributed by atoms with E-state index in [-0.39, 0.29) is 16.5 Å². The molecule has 5 rings (SSSR count). The van der Waals surface area contributed by atoms with Crippen LogP contribution in [0.5, 0.6) is 0 Å². The van der Waals surface area contributed by atoms with Gasteiger partial charge in [-0.15, -0.1) is 0 Å². The van der Waals surface area contributed by atoms with Crippen LogP contribution in [0.2, 0.25) is 5.15 Å². The maximum absolute atomic E-state index is 14.8. The van der Waals surface area contributed by atoms with Crippen molar-refractivity contribution in [1.29, 1.82) is 0 Å². The summed E-state index contributed by atoms with van der Waals surface area (Å²) in [6.45, 7) is 3.78. The van der Waals surface area contributed by atoms with Crippen molar-refractivity contribution in [3.63, 3.8) is 0 Å². The van der Waals surface area contributed by atoms with Crippen LogP contribution in [0.1, 0.15) is 30.9 Å². The molecule has 5 aromatic rings. The highest BCUT2D eigenvalue weighted by Gasteiger charge is 2.34. The summed E-state index contributed by atoms with van der Waals surface area (Å²) in [5, 5.41) is 3.65. The zero-order valence-electron chi connectivity index (χ0n) is 20.2. The molecule has 0 amide bonds. The first-order valence-corrected chi connectivity index (χ1v) is 11.9. The van der Waals surface area contributed by atoms with Crippen LogP contribution in [-0.4, -0.2) is 24.7 Å². The summed E-state index contributed by atoms with van der Waals surface area (Å²) in [7, 11) is 0. The summed E-state index contributed by atoms with van der Waals surface area (Å²) in [5.74, 6) is -0.531. The van der Waals surface area contributed by atoms with Gasteiger partial charge in [0.15, 0.2) is 11.5 Å². The lowest BCUT2D eigenvalue weighted by Gasteiger charge is -2.25. The summed E-state index contributed by atoms with van der Waals surface area (Å²) in [4.78, 5) is 13.1. The zero-order valence-corrected chi connectivity index (χ0v) is 21.0. The van der Waals surface area contributed by atoms with Crippen LogP contribution < -0.4 is 0 Å². The first-order chi connectivity index (χ1) is 18.0. The van der Waals surface area contributed by atoms with Crippen LogP contribution in [0.15, 0.2) is 85.1 Å². The second-order valence-corrected chi connectivity index (χ2v) is 9.50. The molecule has 1 aromatic carbocycles. The molecule has 4 heterocycles. The van der Waals surface area contributed by atoms with Gasteiger partial charge < -0.3 is 0 Å². The van der Waals surface area contributed by atoms with Gasteiger partial charge in [-0.1, -0.05) is 48.0 Å². The van der Waals surface area contributed by atoms with Crippen molar-refractivity contribution in [2.45, 2.75) is 25.4 Å². The van der Waals surface area contributed by atoms with E-state index in [2.05, 4.69) is 15.1 Å². The molecule has 0 saturated carbocycles. The Bertz CT molecular complexity index is 1610. The topological polar surface area (TPSA) is 56.5 Å².